The van der Waals surface area contributed by atoms with Crippen LogP contribution in [-0.2, 0) is 0 Å². The molecule has 0 unspecified atom stereocenters. The lowest BCUT2D eigenvalue weighted by atomic mass is 9.94. The molecular formula is C10H22O. The van der Waals surface area contributed by atoms with Gasteiger partial charge in [-0.2, -0.15) is 0 Å². The maximum absolute atomic E-state index is 8.74. The van der Waals surface area contributed by atoms with Gasteiger partial charge in [0.2, 0.25) is 0 Å². The van der Waals surface area contributed by atoms with Crippen LogP contribution in [0.5, 0.6) is 0 Å². The Morgan fingerprint density at radius 1 is 1.45 bits per heavy atom. The first-order valence-corrected chi connectivity index (χ1v) is 4.35. The van der Waals surface area contributed by atoms with E-state index in [0.29, 0.717) is 12.8 Å². The van der Waals surface area contributed by atoms with Crippen molar-refractivity contribution in [3.8, 4) is 0 Å². The lowest BCUT2D eigenvalue weighted by Gasteiger charge is -2.13. The molecule has 68 valence electrons. The first-order valence-electron chi connectivity index (χ1n) is 6.85. The smallest absolute Gasteiger partial charge is 0.0431 e. The molecule has 0 aromatic rings. The molecule has 0 aliphatic carbocycles. The van der Waals surface area contributed by atoms with E-state index < -0.39 is 13.2 Å². The highest BCUT2D eigenvalue weighted by molar-refractivity contribution is 4.57. The lowest BCUT2D eigenvalue weighted by molar-refractivity contribution is 0.264. The van der Waals surface area contributed by atoms with Crippen molar-refractivity contribution in [2.24, 2.45) is 5.92 Å². The largest absolute Gasteiger partial charge is 0.396 e. The van der Waals surface area contributed by atoms with Gasteiger partial charge in [-0.1, -0.05) is 39.4 Å². The molecular weight excluding hydrogens is 136 g/mol. The van der Waals surface area contributed by atoms with E-state index in [0.717, 1.165) is 12.8 Å². The minimum atomic E-state index is -2.56. The van der Waals surface area contributed by atoms with Crippen LogP contribution in [0.25, 0.3) is 0 Å². The Labute approximate surface area is 77.8 Å². The SMILES string of the molecule is [2H]C([2H])([2H])C([2H])([2H])C[C@H](CCC)CCCO. The first-order chi connectivity index (χ1) is 7.24. The second-order valence-electron chi connectivity index (χ2n) is 2.90. The van der Waals surface area contributed by atoms with Gasteiger partial charge in [0.05, 0.1) is 0 Å². The molecule has 11 heavy (non-hydrogen) atoms. The van der Waals surface area contributed by atoms with Crippen LogP contribution in [0, 0.1) is 5.92 Å². The van der Waals surface area contributed by atoms with Crippen LogP contribution in [0.2, 0.25) is 0 Å². The number of aliphatic hydroxyl groups excluding tert-OH is 1. The standard InChI is InChI=1S/C10H22O/c1-3-6-10(7-4-2)8-5-9-11/h10-11H,3-9H2,1-2H3/i1D3,3D2/t10-/m1/s1. The molecule has 0 aliphatic heterocycles. The summed E-state index contributed by atoms with van der Waals surface area (Å²) in [5, 5.41) is 8.74. The lowest BCUT2D eigenvalue weighted by Crippen LogP contribution is -2.00. The van der Waals surface area contributed by atoms with Crippen molar-refractivity contribution in [2.45, 2.75) is 52.3 Å². The Hall–Kier alpha value is -0.0400. The third-order valence-corrected chi connectivity index (χ3v) is 1.86. The first kappa shape index (κ1) is 4.86. The third-order valence-electron chi connectivity index (χ3n) is 1.86. The Morgan fingerprint density at radius 3 is 2.82 bits per heavy atom. The van der Waals surface area contributed by atoms with Gasteiger partial charge in [0.1, 0.15) is 0 Å². The summed E-state index contributed by atoms with van der Waals surface area (Å²) in [5.41, 5.74) is 0. The van der Waals surface area contributed by atoms with E-state index in [1.165, 1.54) is 0 Å². The van der Waals surface area contributed by atoms with Crippen LogP contribution in [0.15, 0.2) is 0 Å². The fourth-order valence-electron chi connectivity index (χ4n) is 1.28. The van der Waals surface area contributed by atoms with Gasteiger partial charge in [0.25, 0.3) is 0 Å². The molecule has 0 rings (SSSR count). The van der Waals surface area contributed by atoms with Crippen molar-refractivity contribution in [1.82, 2.24) is 0 Å². The highest BCUT2D eigenvalue weighted by Crippen LogP contribution is 2.18. The summed E-state index contributed by atoms with van der Waals surface area (Å²) >= 11 is 0. The fourth-order valence-corrected chi connectivity index (χ4v) is 1.28. The third kappa shape index (κ3) is 6.36. The summed E-state index contributed by atoms with van der Waals surface area (Å²) in [6.45, 7) is -0.480. The molecule has 1 nitrogen and oxygen atoms in total. The van der Waals surface area contributed by atoms with Crippen LogP contribution >= 0.6 is 0 Å². The molecule has 1 atom stereocenters. The molecule has 0 radical (unpaired) electrons. The molecule has 0 amide bonds. The maximum Gasteiger partial charge on any atom is 0.0431 e. The quantitative estimate of drug-likeness (QED) is 0.612. The molecule has 0 aromatic heterocycles. The van der Waals surface area contributed by atoms with Gasteiger partial charge in [-0.25, -0.2) is 0 Å². The molecule has 0 bridgehead atoms. The summed E-state index contributed by atoms with van der Waals surface area (Å²) in [6.07, 6.45) is 0.962. The molecule has 0 fully saturated rings. The van der Waals surface area contributed by atoms with Gasteiger partial charge in [-0.15, -0.1) is 0 Å². The second kappa shape index (κ2) is 8.06. The molecule has 0 aliphatic rings. The van der Waals surface area contributed by atoms with Crippen LogP contribution in [-0.4, -0.2) is 11.7 Å². The molecule has 1 N–H and O–H groups in total. The van der Waals surface area contributed by atoms with Gasteiger partial charge in [-0.05, 0) is 18.8 Å². The highest BCUT2D eigenvalue weighted by Gasteiger charge is 2.04. The second-order valence-corrected chi connectivity index (χ2v) is 2.90. The predicted molar refractivity (Wildman–Crippen MR) is 49.6 cm³/mol. The molecule has 0 spiro atoms. The van der Waals surface area contributed by atoms with E-state index in [-0.39, 0.29) is 18.9 Å². The zero-order valence-electron chi connectivity index (χ0n) is 12.3. The monoisotopic (exact) mass is 163 g/mol. The Kier molecular flexibility index (Phi) is 3.56. The minimum absolute atomic E-state index is 0.0487. The molecule has 0 saturated heterocycles. The number of hydrogen-bond donors (Lipinski definition) is 1. The van der Waals surface area contributed by atoms with Crippen LogP contribution in [0.1, 0.15) is 59.1 Å². The molecule has 0 saturated carbocycles. The van der Waals surface area contributed by atoms with E-state index in [9.17, 15) is 0 Å². The minimum Gasteiger partial charge on any atom is -0.396 e. The summed E-state index contributed by atoms with van der Waals surface area (Å²) in [4.78, 5) is 0. The van der Waals surface area contributed by atoms with Gasteiger partial charge in [-0.3, -0.25) is 0 Å². The van der Waals surface area contributed by atoms with Gasteiger partial charge in [0, 0.05) is 13.5 Å². The molecule has 1 heteroatoms. The van der Waals surface area contributed by atoms with Crippen molar-refractivity contribution in [3.63, 3.8) is 0 Å². The predicted octanol–water partition coefficient (Wildman–Crippen LogP) is 2.98. The zero-order chi connectivity index (χ0) is 12.8. The van der Waals surface area contributed by atoms with Crippen LogP contribution in [0.3, 0.4) is 0 Å². The van der Waals surface area contributed by atoms with Gasteiger partial charge in [0.15, 0.2) is 0 Å². The van der Waals surface area contributed by atoms with E-state index in [2.05, 4.69) is 0 Å². The topological polar surface area (TPSA) is 20.2 Å². The average molecular weight is 163 g/mol. The molecule has 0 heterocycles. The van der Waals surface area contributed by atoms with Gasteiger partial charge < -0.3 is 5.11 Å². The zero-order valence-corrected chi connectivity index (χ0v) is 7.27. The maximum atomic E-state index is 8.74. The Bertz CT molecular complexity index is 190. The number of hydrogen-bond acceptors (Lipinski definition) is 1. The van der Waals surface area contributed by atoms with Crippen molar-refractivity contribution in [1.29, 1.82) is 0 Å². The van der Waals surface area contributed by atoms with E-state index in [1.807, 2.05) is 6.92 Å². The Balaban J connectivity index is 4.36. The van der Waals surface area contributed by atoms with E-state index >= 15 is 0 Å². The normalized spacial score (nSPS) is 22.5. The van der Waals surface area contributed by atoms with E-state index in [4.69, 9.17) is 12.0 Å². The average Bonchev–Trinajstić information content (AvgIpc) is 2.12. The number of rotatable bonds is 7. The van der Waals surface area contributed by atoms with Crippen molar-refractivity contribution >= 4 is 0 Å². The highest BCUT2D eigenvalue weighted by atomic mass is 16.2. The van der Waals surface area contributed by atoms with Crippen molar-refractivity contribution in [3.05, 3.63) is 0 Å². The van der Waals surface area contributed by atoms with Crippen molar-refractivity contribution < 1.29 is 12.0 Å². The van der Waals surface area contributed by atoms with Crippen LogP contribution in [0.4, 0.5) is 0 Å². The summed E-state index contributed by atoms with van der Waals surface area (Å²) in [6, 6.07) is 0. The summed E-state index contributed by atoms with van der Waals surface area (Å²) in [7, 11) is 0. The molecule has 0 aromatic carbocycles. The van der Waals surface area contributed by atoms with Crippen molar-refractivity contribution in [2.75, 3.05) is 6.61 Å². The van der Waals surface area contributed by atoms with Crippen LogP contribution < -0.4 is 0 Å². The summed E-state index contributed by atoms with van der Waals surface area (Å²) in [5.74, 6) is 0.0487. The van der Waals surface area contributed by atoms with E-state index in [1.54, 1.807) is 0 Å². The fraction of sp³-hybridized carbons (Fsp3) is 1.00. The Morgan fingerprint density at radius 2 is 2.27 bits per heavy atom. The van der Waals surface area contributed by atoms with Gasteiger partial charge >= 0.3 is 0 Å². The summed E-state index contributed by atoms with van der Waals surface area (Å²) < 4.78 is 36.6. The number of aliphatic hydroxyl groups is 1.